The van der Waals surface area contributed by atoms with Crippen LogP contribution in [-0.2, 0) is 0 Å². The number of hydrogen-bond donors (Lipinski definition) is 1. The fourth-order valence-corrected chi connectivity index (χ4v) is 1.85. The van der Waals surface area contributed by atoms with Crippen molar-refractivity contribution in [3.63, 3.8) is 0 Å². The molecule has 0 aliphatic carbocycles. The highest BCUT2D eigenvalue weighted by atomic mass is 35.5. The molecule has 4 heteroatoms. The molecule has 0 saturated carbocycles. The van der Waals surface area contributed by atoms with Gasteiger partial charge in [0.15, 0.2) is 5.22 Å². The number of halogens is 1. The van der Waals surface area contributed by atoms with E-state index < -0.39 is 0 Å². The van der Waals surface area contributed by atoms with Gasteiger partial charge in [-0.05, 0) is 48.3 Å². The summed E-state index contributed by atoms with van der Waals surface area (Å²) in [5.41, 5.74) is 1.08. The first kappa shape index (κ1) is 12.1. The van der Waals surface area contributed by atoms with Gasteiger partial charge in [0, 0.05) is 12.4 Å². The van der Waals surface area contributed by atoms with Crippen molar-refractivity contribution in [3.05, 3.63) is 53.2 Å². The summed E-state index contributed by atoms with van der Waals surface area (Å²) in [6.45, 7) is 3.04. The highest BCUT2D eigenvalue weighted by Gasteiger charge is 2.16. The lowest BCUT2D eigenvalue weighted by Gasteiger charge is -2.16. The smallest absolute Gasteiger partial charge is 0.193 e. The van der Waals surface area contributed by atoms with Gasteiger partial charge in [-0.25, -0.2) is 0 Å². The molecule has 2 heterocycles. The predicted molar refractivity (Wildman–Crippen MR) is 68.1 cm³/mol. The van der Waals surface area contributed by atoms with E-state index in [0.717, 1.165) is 24.3 Å². The maximum Gasteiger partial charge on any atom is 0.193 e. The Morgan fingerprint density at radius 3 is 2.88 bits per heavy atom. The van der Waals surface area contributed by atoms with E-state index in [4.69, 9.17) is 16.0 Å². The van der Waals surface area contributed by atoms with E-state index in [9.17, 15) is 0 Å². The van der Waals surface area contributed by atoms with Crippen molar-refractivity contribution in [3.8, 4) is 0 Å². The van der Waals surface area contributed by atoms with Crippen molar-refractivity contribution >= 4 is 11.6 Å². The second-order valence-corrected chi connectivity index (χ2v) is 4.19. The molecular weight excluding hydrogens is 236 g/mol. The third kappa shape index (κ3) is 3.08. The van der Waals surface area contributed by atoms with E-state index in [-0.39, 0.29) is 6.04 Å². The summed E-state index contributed by atoms with van der Waals surface area (Å²) < 4.78 is 5.47. The van der Waals surface area contributed by atoms with Crippen LogP contribution < -0.4 is 5.32 Å². The van der Waals surface area contributed by atoms with Crippen LogP contribution in [0.2, 0.25) is 5.22 Å². The van der Waals surface area contributed by atoms with Gasteiger partial charge in [-0.3, -0.25) is 4.98 Å². The van der Waals surface area contributed by atoms with Gasteiger partial charge in [-0.15, -0.1) is 0 Å². The van der Waals surface area contributed by atoms with Crippen molar-refractivity contribution in [2.75, 3.05) is 6.54 Å². The van der Waals surface area contributed by atoms with Crippen LogP contribution in [0.3, 0.4) is 0 Å². The average Bonchev–Trinajstić information content (AvgIpc) is 2.78. The van der Waals surface area contributed by atoms with Gasteiger partial charge in [0.25, 0.3) is 0 Å². The first-order valence-corrected chi connectivity index (χ1v) is 6.07. The Kier molecular flexibility index (Phi) is 4.18. The summed E-state index contributed by atoms with van der Waals surface area (Å²) >= 11 is 5.82. The first-order chi connectivity index (χ1) is 8.31. The molecule has 0 bridgehead atoms. The molecule has 0 fully saturated rings. The fourth-order valence-electron chi connectivity index (χ4n) is 1.70. The average molecular weight is 251 g/mol. The van der Waals surface area contributed by atoms with Crippen molar-refractivity contribution in [1.29, 1.82) is 0 Å². The molecule has 0 amide bonds. The normalized spacial score (nSPS) is 12.6. The van der Waals surface area contributed by atoms with E-state index in [0.29, 0.717) is 5.22 Å². The minimum absolute atomic E-state index is 0.0103. The third-order valence-electron chi connectivity index (χ3n) is 2.49. The molecule has 1 unspecified atom stereocenters. The predicted octanol–water partition coefficient (Wildman–Crippen LogP) is 3.42. The second-order valence-electron chi connectivity index (χ2n) is 3.82. The van der Waals surface area contributed by atoms with Crippen LogP contribution >= 0.6 is 11.6 Å². The lowest BCUT2D eigenvalue weighted by atomic mass is 10.1. The zero-order chi connectivity index (χ0) is 12.1. The van der Waals surface area contributed by atoms with Crippen LogP contribution in [0.4, 0.5) is 0 Å². The molecule has 1 atom stereocenters. The maximum absolute atomic E-state index is 5.82. The van der Waals surface area contributed by atoms with Gasteiger partial charge < -0.3 is 9.73 Å². The summed E-state index contributed by atoms with van der Waals surface area (Å²) in [7, 11) is 0. The molecule has 2 aromatic heterocycles. The van der Waals surface area contributed by atoms with Gasteiger partial charge in [-0.2, -0.15) is 0 Å². The Bertz CT molecular complexity index is 455. The van der Waals surface area contributed by atoms with Crippen molar-refractivity contribution in [2.45, 2.75) is 19.4 Å². The summed E-state index contributed by atoms with van der Waals surface area (Å²) in [4.78, 5) is 4.13. The molecule has 0 aromatic carbocycles. The summed E-state index contributed by atoms with van der Waals surface area (Å²) in [5, 5.41) is 3.83. The Labute approximate surface area is 106 Å². The van der Waals surface area contributed by atoms with Gasteiger partial charge in [-0.1, -0.05) is 13.0 Å². The number of pyridine rings is 1. The Balaban J connectivity index is 2.25. The maximum atomic E-state index is 5.82. The first-order valence-electron chi connectivity index (χ1n) is 5.70. The molecule has 0 radical (unpaired) electrons. The molecule has 2 rings (SSSR count). The van der Waals surface area contributed by atoms with Gasteiger partial charge in [0.05, 0.1) is 6.04 Å². The van der Waals surface area contributed by atoms with E-state index in [1.807, 2.05) is 24.4 Å². The molecule has 2 aromatic rings. The Morgan fingerprint density at radius 1 is 1.41 bits per heavy atom. The molecule has 0 aliphatic heterocycles. The van der Waals surface area contributed by atoms with Gasteiger partial charge >= 0.3 is 0 Å². The lowest BCUT2D eigenvalue weighted by Crippen LogP contribution is -2.22. The van der Waals surface area contributed by atoms with E-state index in [1.54, 1.807) is 12.3 Å². The van der Waals surface area contributed by atoms with Crippen LogP contribution in [0.25, 0.3) is 0 Å². The molecule has 17 heavy (non-hydrogen) atoms. The van der Waals surface area contributed by atoms with Gasteiger partial charge in [0.1, 0.15) is 5.76 Å². The van der Waals surface area contributed by atoms with Crippen LogP contribution in [0.5, 0.6) is 0 Å². The summed E-state index contributed by atoms with van der Waals surface area (Å²) in [6, 6.07) is 7.60. The minimum Gasteiger partial charge on any atom is -0.448 e. The largest absolute Gasteiger partial charge is 0.448 e. The molecule has 90 valence electrons. The quantitative estimate of drug-likeness (QED) is 0.884. The van der Waals surface area contributed by atoms with Crippen LogP contribution in [-0.4, -0.2) is 11.5 Å². The number of furan rings is 1. The Hall–Kier alpha value is -1.32. The topological polar surface area (TPSA) is 38.1 Å². The zero-order valence-corrected chi connectivity index (χ0v) is 10.4. The number of hydrogen-bond acceptors (Lipinski definition) is 3. The second kappa shape index (κ2) is 5.84. The number of nitrogens with zero attached hydrogens (tertiary/aromatic N) is 1. The molecular formula is C13H15ClN2O. The molecule has 3 nitrogen and oxygen atoms in total. The van der Waals surface area contributed by atoms with Crippen LogP contribution in [0.1, 0.15) is 30.7 Å². The van der Waals surface area contributed by atoms with Crippen molar-refractivity contribution in [1.82, 2.24) is 10.3 Å². The molecule has 0 spiro atoms. The van der Waals surface area contributed by atoms with E-state index >= 15 is 0 Å². The number of rotatable bonds is 5. The molecule has 1 N–H and O–H groups in total. The SMILES string of the molecule is CCCNC(c1cccnc1)c1ccc(Cl)o1. The van der Waals surface area contributed by atoms with Crippen molar-refractivity contribution in [2.24, 2.45) is 0 Å². The van der Waals surface area contributed by atoms with Gasteiger partial charge in [0.2, 0.25) is 0 Å². The summed E-state index contributed by atoms with van der Waals surface area (Å²) in [5.74, 6) is 0.816. The lowest BCUT2D eigenvalue weighted by molar-refractivity contribution is 0.447. The number of aromatic nitrogens is 1. The third-order valence-corrected chi connectivity index (χ3v) is 2.70. The zero-order valence-electron chi connectivity index (χ0n) is 9.69. The minimum atomic E-state index is 0.0103. The highest BCUT2D eigenvalue weighted by molar-refractivity contribution is 6.28. The van der Waals surface area contributed by atoms with Crippen LogP contribution in [0, 0.1) is 0 Å². The van der Waals surface area contributed by atoms with E-state index in [2.05, 4.69) is 17.2 Å². The highest BCUT2D eigenvalue weighted by Crippen LogP contribution is 2.25. The van der Waals surface area contributed by atoms with E-state index in [1.165, 1.54) is 0 Å². The van der Waals surface area contributed by atoms with Crippen LogP contribution in [0.15, 0.2) is 41.1 Å². The monoisotopic (exact) mass is 250 g/mol. The summed E-state index contributed by atoms with van der Waals surface area (Å²) in [6.07, 6.45) is 4.66. The standard InChI is InChI=1S/C13H15ClN2O/c1-2-7-16-13(10-4-3-8-15-9-10)11-5-6-12(14)17-11/h3-6,8-9,13,16H,2,7H2,1H3. The fraction of sp³-hybridized carbons (Fsp3) is 0.308. The number of nitrogens with one attached hydrogen (secondary N) is 1. The molecule has 0 saturated heterocycles. The Morgan fingerprint density at radius 2 is 2.29 bits per heavy atom. The molecule has 0 aliphatic rings. The van der Waals surface area contributed by atoms with Crippen molar-refractivity contribution < 1.29 is 4.42 Å².